The molecular weight excluding hydrogens is 337 g/mol. The van der Waals surface area contributed by atoms with Crippen LogP contribution in [0.15, 0.2) is 29.4 Å². The molecule has 1 N–H and O–H groups in total. The molecule has 1 amide bonds. The Morgan fingerprint density at radius 1 is 1.40 bits per heavy atom. The van der Waals surface area contributed by atoms with Crippen molar-refractivity contribution in [2.24, 2.45) is 5.10 Å². The first-order valence-corrected chi connectivity index (χ1v) is 8.06. The van der Waals surface area contributed by atoms with Gasteiger partial charge in [0.1, 0.15) is 5.75 Å². The number of carbonyl (C=O) groups excluding carboxylic acids is 1. The second kappa shape index (κ2) is 7.43. The lowest BCUT2D eigenvalue weighted by molar-refractivity contribution is -0.302. The van der Waals surface area contributed by atoms with Crippen LogP contribution < -0.4 is 4.74 Å². The number of carbonyl (C=O) groups is 1. The van der Waals surface area contributed by atoms with Crippen LogP contribution in [0, 0.1) is 6.92 Å². The van der Waals surface area contributed by atoms with Crippen molar-refractivity contribution in [3.63, 3.8) is 0 Å². The minimum absolute atomic E-state index is 0.121. The Labute approximate surface area is 144 Å². The van der Waals surface area contributed by atoms with Crippen LogP contribution >= 0.6 is 0 Å². The van der Waals surface area contributed by atoms with E-state index in [1.165, 1.54) is 0 Å². The van der Waals surface area contributed by atoms with Gasteiger partial charge in [0.15, 0.2) is 6.61 Å². The largest absolute Gasteiger partial charge is 0.483 e. The lowest BCUT2D eigenvalue weighted by Gasteiger charge is -2.32. The fourth-order valence-corrected chi connectivity index (χ4v) is 2.54. The number of amides is 1. The standard InChI is InChI=1S/C17H21F3N2O3/c1-3-4-8-13-10-16(24,17(18,19)20)22(21-13)15(23)11-25-14-9-6-5-7-12(14)2/h5-7,9,24H,3-4,8,10-11H2,1-2H3. The van der Waals surface area contributed by atoms with Crippen LogP contribution in [-0.4, -0.2) is 40.2 Å². The molecule has 1 aliphatic rings. The first-order valence-electron chi connectivity index (χ1n) is 8.06. The third kappa shape index (κ3) is 4.12. The summed E-state index contributed by atoms with van der Waals surface area (Å²) >= 11 is 0. The molecule has 0 spiro atoms. The average molecular weight is 358 g/mol. The van der Waals surface area contributed by atoms with Crippen LogP contribution in [-0.2, 0) is 4.79 Å². The molecule has 0 aliphatic carbocycles. The predicted molar refractivity (Wildman–Crippen MR) is 86.1 cm³/mol. The van der Waals surface area contributed by atoms with Gasteiger partial charge in [0.25, 0.3) is 11.6 Å². The van der Waals surface area contributed by atoms with E-state index in [1.54, 1.807) is 31.2 Å². The second-order valence-corrected chi connectivity index (χ2v) is 6.02. The summed E-state index contributed by atoms with van der Waals surface area (Å²) in [4.78, 5) is 12.2. The topological polar surface area (TPSA) is 62.1 Å². The molecular formula is C17H21F3N2O3. The number of alkyl halides is 3. The van der Waals surface area contributed by atoms with Gasteiger partial charge in [-0.15, -0.1) is 0 Å². The Balaban J connectivity index is 2.15. The maximum atomic E-state index is 13.3. The third-order valence-corrected chi connectivity index (χ3v) is 4.00. The minimum atomic E-state index is -5.01. The third-order valence-electron chi connectivity index (χ3n) is 4.00. The molecule has 1 heterocycles. The highest BCUT2D eigenvalue weighted by atomic mass is 19.4. The summed E-state index contributed by atoms with van der Waals surface area (Å²) in [7, 11) is 0. The van der Waals surface area contributed by atoms with Crippen molar-refractivity contribution in [2.45, 2.75) is 51.4 Å². The normalized spacial score (nSPS) is 20.6. The second-order valence-electron chi connectivity index (χ2n) is 6.02. The molecule has 1 unspecified atom stereocenters. The lowest BCUT2D eigenvalue weighted by atomic mass is 10.0. The SMILES string of the molecule is CCCCC1=NN(C(=O)COc2ccccc2C)C(O)(C(F)(F)F)C1. The van der Waals surface area contributed by atoms with E-state index in [2.05, 4.69) is 5.10 Å². The summed E-state index contributed by atoms with van der Waals surface area (Å²) in [5.41, 5.74) is -2.41. The lowest BCUT2D eigenvalue weighted by Crippen LogP contribution is -2.57. The number of ether oxygens (including phenoxy) is 1. The van der Waals surface area contributed by atoms with E-state index in [-0.39, 0.29) is 10.7 Å². The van der Waals surface area contributed by atoms with Crippen LogP contribution in [0.2, 0.25) is 0 Å². The van der Waals surface area contributed by atoms with E-state index in [4.69, 9.17) is 4.74 Å². The zero-order valence-corrected chi connectivity index (χ0v) is 14.1. The van der Waals surface area contributed by atoms with Gasteiger partial charge in [-0.3, -0.25) is 4.79 Å². The van der Waals surface area contributed by atoms with Crippen LogP contribution in [0.4, 0.5) is 13.2 Å². The monoisotopic (exact) mass is 358 g/mol. The quantitative estimate of drug-likeness (QED) is 0.848. The number of unbranched alkanes of at least 4 members (excludes halogenated alkanes) is 1. The van der Waals surface area contributed by atoms with Gasteiger partial charge in [-0.05, 0) is 31.4 Å². The van der Waals surface area contributed by atoms with Crippen molar-refractivity contribution in [3.05, 3.63) is 29.8 Å². The van der Waals surface area contributed by atoms with Gasteiger partial charge in [0, 0.05) is 12.1 Å². The van der Waals surface area contributed by atoms with E-state index in [0.29, 0.717) is 18.6 Å². The van der Waals surface area contributed by atoms with Gasteiger partial charge < -0.3 is 9.84 Å². The number of aliphatic hydroxyl groups is 1. The summed E-state index contributed by atoms with van der Waals surface area (Å²) < 4.78 is 45.3. The highest BCUT2D eigenvalue weighted by molar-refractivity contribution is 5.91. The Kier molecular flexibility index (Phi) is 5.72. The number of halogens is 3. The molecule has 1 aromatic rings. The van der Waals surface area contributed by atoms with Gasteiger partial charge in [-0.25, -0.2) is 0 Å². The zero-order chi connectivity index (χ0) is 18.7. The molecule has 0 saturated heterocycles. The highest BCUT2D eigenvalue weighted by Gasteiger charge is 2.63. The Morgan fingerprint density at radius 3 is 2.68 bits per heavy atom. The summed E-state index contributed by atoms with van der Waals surface area (Å²) in [5, 5.41) is 13.9. The molecule has 0 aromatic heterocycles. The molecule has 0 bridgehead atoms. The first kappa shape index (κ1) is 19.2. The van der Waals surface area contributed by atoms with Crippen molar-refractivity contribution in [1.29, 1.82) is 0 Å². The van der Waals surface area contributed by atoms with Crippen molar-refractivity contribution in [3.8, 4) is 5.75 Å². The molecule has 1 atom stereocenters. The molecule has 138 valence electrons. The zero-order valence-electron chi connectivity index (χ0n) is 14.1. The minimum Gasteiger partial charge on any atom is -0.483 e. The number of hydrogen-bond donors (Lipinski definition) is 1. The van der Waals surface area contributed by atoms with Gasteiger partial charge in [-0.2, -0.15) is 23.3 Å². The van der Waals surface area contributed by atoms with E-state index in [0.717, 1.165) is 12.0 Å². The average Bonchev–Trinajstić information content (AvgIpc) is 2.90. The van der Waals surface area contributed by atoms with E-state index < -0.39 is 30.8 Å². The molecule has 25 heavy (non-hydrogen) atoms. The van der Waals surface area contributed by atoms with E-state index in [1.807, 2.05) is 6.92 Å². The Bertz CT molecular complexity index is 661. The maximum Gasteiger partial charge on any atom is 0.438 e. The molecule has 1 aliphatic heterocycles. The number of para-hydroxylation sites is 1. The Hall–Kier alpha value is -2.09. The Morgan fingerprint density at radius 2 is 2.08 bits per heavy atom. The summed E-state index contributed by atoms with van der Waals surface area (Å²) in [5.74, 6) is -0.657. The number of hydrogen-bond acceptors (Lipinski definition) is 4. The summed E-state index contributed by atoms with van der Waals surface area (Å²) in [6, 6.07) is 6.83. The first-order chi connectivity index (χ1) is 11.7. The maximum absolute atomic E-state index is 13.3. The fourth-order valence-electron chi connectivity index (χ4n) is 2.54. The van der Waals surface area contributed by atoms with E-state index >= 15 is 0 Å². The molecule has 5 nitrogen and oxygen atoms in total. The predicted octanol–water partition coefficient (Wildman–Crippen LogP) is 3.40. The molecule has 0 fully saturated rings. The van der Waals surface area contributed by atoms with E-state index in [9.17, 15) is 23.1 Å². The molecule has 8 heteroatoms. The van der Waals surface area contributed by atoms with Gasteiger partial charge in [0.05, 0.1) is 0 Å². The van der Waals surface area contributed by atoms with Crippen LogP contribution in [0.1, 0.15) is 38.2 Å². The summed E-state index contributed by atoms with van der Waals surface area (Å²) in [6.45, 7) is 3.00. The smallest absolute Gasteiger partial charge is 0.438 e. The van der Waals surface area contributed by atoms with Crippen molar-refractivity contribution < 1.29 is 27.8 Å². The number of hydrazone groups is 1. The van der Waals surface area contributed by atoms with Gasteiger partial charge in [0.2, 0.25) is 0 Å². The van der Waals surface area contributed by atoms with Crippen LogP contribution in [0.5, 0.6) is 5.75 Å². The van der Waals surface area contributed by atoms with Gasteiger partial charge in [-0.1, -0.05) is 31.5 Å². The number of aryl methyl sites for hydroxylation is 1. The molecule has 2 rings (SSSR count). The highest BCUT2D eigenvalue weighted by Crippen LogP contribution is 2.41. The van der Waals surface area contributed by atoms with Crippen LogP contribution in [0.3, 0.4) is 0 Å². The van der Waals surface area contributed by atoms with Crippen molar-refractivity contribution in [2.75, 3.05) is 6.61 Å². The number of rotatable bonds is 6. The van der Waals surface area contributed by atoms with Crippen LogP contribution in [0.25, 0.3) is 0 Å². The molecule has 0 radical (unpaired) electrons. The fraction of sp³-hybridized carbons (Fsp3) is 0.529. The molecule has 0 saturated carbocycles. The van der Waals surface area contributed by atoms with Gasteiger partial charge >= 0.3 is 6.18 Å². The number of nitrogens with zero attached hydrogens (tertiary/aromatic N) is 2. The van der Waals surface area contributed by atoms with Crippen molar-refractivity contribution in [1.82, 2.24) is 5.01 Å². The number of benzene rings is 1. The summed E-state index contributed by atoms with van der Waals surface area (Å²) in [6.07, 6.45) is -4.03. The molecule has 1 aromatic carbocycles. The van der Waals surface area contributed by atoms with Crippen molar-refractivity contribution >= 4 is 11.6 Å².